The second-order valence-corrected chi connectivity index (χ2v) is 7.50. The summed E-state index contributed by atoms with van der Waals surface area (Å²) in [6, 6.07) is 9.74. The minimum atomic E-state index is -0.963. The third-order valence-corrected chi connectivity index (χ3v) is 5.09. The van der Waals surface area contributed by atoms with Gasteiger partial charge in [0.25, 0.3) is 0 Å². The number of hydrogen-bond acceptors (Lipinski definition) is 3. The Labute approximate surface area is 182 Å². The second kappa shape index (κ2) is 12.6. The Kier molecular flexibility index (Phi) is 11.3. The van der Waals surface area contributed by atoms with Crippen molar-refractivity contribution in [2.75, 3.05) is 39.3 Å². The highest BCUT2D eigenvalue weighted by molar-refractivity contribution is 14.0. The molecule has 1 aromatic rings. The van der Waals surface area contributed by atoms with Gasteiger partial charge in [0, 0.05) is 13.1 Å². The van der Waals surface area contributed by atoms with Gasteiger partial charge < -0.3 is 20.6 Å². The second-order valence-electron chi connectivity index (χ2n) is 7.50. The maximum absolute atomic E-state index is 10.7. The summed E-state index contributed by atoms with van der Waals surface area (Å²) in [7, 11) is 0. The van der Waals surface area contributed by atoms with Gasteiger partial charge in [-0.05, 0) is 64.2 Å². The SMILES string of the molecule is CCCN1CCC(CNC(=NCC(C)(O)c2ccccc2)NCC)CC1.I. The molecule has 5 nitrogen and oxygen atoms in total. The van der Waals surface area contributed by atoms with Gasteiger partial charge in [-0.2, -0.15) is 0 Å². The molecule has 27 heavy (non-hydrogen) atoms. The topological polar surface area (TPSA) is 59.9 Å². The third kappa shape index (κ3) is 8.35. The van der Waals surface area contributed by atoms with Crippen molar-refractivity contribution in [3.05, 3.63) is 35.9 Å². The lowest BCUT2D eigenvalue weighted by Gasteiger charge is -2.32. The molecule has 3 N–H and O–H groups in total. The van der Waals surface area contributed by atoms with Crippen LogP contribution in [0.4, 0.5) is 0 Å². The molecule has 154 valence electrons. The van der Waals surface area contributed by atoms with Crippen molar-refractivity contribution in [3.63, 3.8) is 0 Å². The number of nitrogens with zero attached hydrogens (tertiary/aromatic N) is 2. The van der Waals surface area contributed by atoms with Crippen LogP contribution in [0.1, 0.15) is 45.6 Å². The number of halogens is 1. The highest BCUT2D eigenvalue weighted by Gasteiger charge is 2.23. The molecule has 0 radical (unpaired) electrons. The lowest BCUT2D eigenvalue weighted by atomic mass is 9.96. The van der Waals surface area contributed by atoms with Crippen molar-refractivity contribution in [2.45, 2.75) is 45.6 Å². The fraction of sp³-hybridized carbons (Fsp3) is 0.667. The highest BCUT2D eigenvalue weighted by Crippen LogP contribution is 2.20. The summed E-state index contributed by atoms with van der Waals surface area (Å²) in [6.07, 6.45) is 3.73. The lowest BCUT2D eigenvalue weighted by Crippen LogP contribution is -2.43. The van der Waals surface area contributed by atoms with E-state index in [-0.39, 0.29) is 24.0 Å². The van der Waals surface area contributed by atoms with E-state index in [1.807, 2.05) is 37.3 Å². The standard InChI is InChI=1S/C21H36N4O.HI/c1-4-13-25-14-11-18(12-15-25)16-23-20(22-5-2)24-17-21(3,26)19-9-7-6-8-10-19;/h6-10,18,26H,4-5,11-17H2,1-3H3,(H2,22,23,24);1H. The molecule has 1 fully saturated rings. The van der Waals surface area contributed by atoms with Crippen LogP contribution >= 0.6 is 24.0 Å². The number of aliphatic hydroxyl groups is 1. The summed E-state index contributed by atoms with van der Waals surface area (Å²) >= 11 is 0. The summed E-state index contributed by atoms with van der Waals surface area (Å²) in [5.41, 5.74) is -0.0716. The van der Waals surface area contributed by atoms with Crippen LogP contribution in [-0.2, 0) is 5.60 Å². The summed E-state index contributed by atoms with van der Waals surface area (Å²) in [4.78, 5) is 7.19. The van der Waals surface area contributed by atoms with Gasteiger partial charge in [-0.25, -0.2) is 4.99 Å². The molecule has 1 aliphatic heterocycles. The van der Waals surface area contributed by atoms with Crippen molar-refractivity contribution >= 4 is 29.9 Å². The fourth-order valence-corrected chi connectivity index (χ4v) is 3.43. The first-order valence-corrected chi connectivity index (χ1v) is 10.1. The van der Waals surface area contributed by atoms with Gasteiger partial charge >= 0.3 is 0 Å². The fourth-order valence-electron chi connectivity index (χ4n) is 3.43. The van der Waals surface area contributed by atoms with Crippen molar-refractivity contribution in [2.24, 2.45) is 10.9 Å². The Hall–Kier alpha value is -0.860. The van der Waals surface area contributed by atoms with E-state index in [1.165, 1.54) is 38.9 Å². The maximum Gasteiger partial charge on any atom is 0.191 e. The Morgan fingerprint density at radius 1 is 1.19 bits per heavy atom. The number of rotatable bonds is 8. The summed E-state index contributed by atoms with van der Waals surface area (Å²) in [5.74, 6) is 1.49. The number of hydrogen-bond donors (Lipinski definition) is 3. The number of nitrogens with one attached hydrogen (secondary N) is 2. The molecule has 1 atom stereocenters. The van der Waals surface area contributed by atoms with Gasteiger partial charge in [0.2, 0.25) is 0 Å². The zero-order chi connectivity index (χ0) is 18.8. The molecule has 1 aromatic carbocycles. The van der Waals surface area contributed by atoms with Crippen molar-refractivity contribution in [1.29, 1.82) is 0 Å². The van der Waals surface area contributed by atoms with E-state index in [2.05, 4.69) is 34.4 Å². The quantitative estimate of drug-likeness (QED) is 0.299. The molecular weight excluding hydrogens is 451 g/mol. The molecule has 0 bridgehead atoms. The van der Waals surface area contributed by atoms with Gasteiger partial charge in [-0.3, -0.25) is 0 Å². The lowest BCUT2D eigenvalue weighted by molar-refractivity contribution is 0.0672. The highest BCUT2D eigenvalue weighted by atomic mass is 127. The van der Waals surface area contributed by atoms with Crippen LogP contribution < -0.4 is 10.6 Å². The molecular formula is C21H37IN4O. The minimum Gasteiger partial charge on any atom is -0.384 e. The summed E-state index contributed by atoms with van der Waals surface area (Å²) in [6.45, 7) is 11.9. The molecule has 0 aromatic heterocycles. The first-order valence-electron chi connectivity index (χ1n) is 10.1. The van der Waals surface area contributed by atoms with Crippen LogP contribution in [0.15, 0.2) is 35.3 Å². The van der Waals surface area contributed by atoms with Gasteiger partial charge in [0.1, 0.15) is 5.60 Å². The number of likely N-dealkylation sites (tertiary alicyclic amines) is 1. The molecule has 1 aliphatic rings. The molecule has 6 heteroatoms. The molecule has 0 spiro atoms. The normalized spacial score (nSPS) is 18.4. The average molecular weight is 488 g/mol. The van der Waals surface area contributed by atoms with Crippen molar-refractivity contribution in [1.82, 2.24) is 15.5 Å². The monoisotopic (exact) mass is 488 g/mol. The first kappa shape index (κ1) is 24.2. The zero-order valence-corrected chi connectivity index (χ0v) is 19.4. The van der Waals surface area contributed by atoms with E-state index in [1.54, 1.807) is 0 Å². The third-order valence-electron chi connectivity index (χ3n) is 5.09. The van der Waals surface area contributed by atoms with Gasteiger partial charge in [0.15, 0.2) is 5.96 Å². The average Bonchev–Trinajstić information content (AvgIpc) is 2.66. The number of piperidine rings is 1. The molecule has 2 rings (SSSR count). The Bertz CT molecular complexity index is 542. The predicted octanol–water partition coefficient (Wildman–Crippen LogP) is 3.19. The number of benzene rings is 1. The molecule has 0 amide bonds. The molecule has 1 saturated heterocycles. The van der Waals surface area contributed by atoms with Crippen LogP contribution in [-0.4, -0.2) is 55.2 Å². The number of aliphatic imine (C=N–C) groups is 1. The number of guanidine groups is 1. The van der Waals surface area contributed by atoms with E-state index in [4.69, 9.17) is 0 Å². The van der Waals surface area contributed by atoms with Gasteiger partial charge in [-0.1, -0.05) is 37.3 Å². The van der Waals surface area contributed by atoms with Crippen LogP contribution in [0.5, 0.6) is 0 Å². The maximum atomic E-state index is 10.7. The first-order chi connectivity index (χ1) is 12.5. The van der Waals surface area contributed by atoms with E-state index in [0.29, 0.717) is 12.5 Å². The van der Waals surface area contributed by atoms with E-state index in [9.17, 15) is 5.11 Å². The van der Waals surface area contributed by atoms with E-state index >= 15 is 0 Å². The molecule has 1 unspecified atom stereocenters. The molecule has 0 aliphatic carbocycles. The smallest absolute Gasteiger partial charge is 0.191 e. The molecule has 0 saturated carbocycles. The summed E-state index contributed by atoms with van der Waals surface area (Å²) < 4.78 is 0. The Morgan fingerprint density at radius 2 is 1.85 bits per heavy atom. The summed E-state index contributed by atoms with van der Waals surface area (Å²) in [5, 5.41) is 17.5. The van der Waals surface area contributed by atoms with E-state index in [0.717, 1.165) is 24.6 Å². The van der Waals surface area contributed by atoms with Gasteiger partial charge in [0.05, 0.1) is 6.54 Å². The Morgan fingerprint density at radius 3 is 2.44 bits per heavy atom. The van der Waals surface area contributed by atoms with Gasteiger partial charge in [-0.15, -0.1) is 24.0 Å². The largest absolute Gasteiger partial charge is 0.384 e. The zero-order valence-electron chi connectivity index (χ0n) is 17.1. The van der Waals surface area contributed by atoms with Crippen molar-refractivity contribution in [3.8, 4) is 0 Å². The Balaban J connectivity index is 0.00000364. The van der Waals surface area contributed by atoms with Crippen LogP contribution in [0, 0.1) is 5.92 Å². The van der Waals surface area contributed by atoms with E-state index < -0.39 is 5.60 Å². The predicted molar refractivity (Wildman–Crippen MR) is 125 cm³/mol. The van der Waals surface area contributed by atoms with Crippen molar-refractivity contribution < 1.29 is 5.11 Å². The molecule has 1 heterocycles. The van der Waals surface area contributed by atoms with Crippen LogP contribution in [0.25, 0.3) is 0 Å². The van der Waals surface area contributed by atoms with Crippen LogP contribution in [0.3, 0.4) is 0 Å². The minimum absolute atomic E-state index is 0. The van der Waals surface area contributed by atoms with Crippen LogP contribution in [0.2, 0.25) is 0 Å².